The van der Waals surface area contributed by atoms with Crippen molar-refractivity contribution in [3.63, 3.8) is 0 Å². The second kappa shape index (κ2) is 2.77. The van der Waals surface area contributed by atoms with Gasteiger partial charge in [-0.25, -0.2) is 0 Å². The molecule has 3 N–H and O–H groups in total. The molecule has 12 heavy (non-hydrogen) atoms. The van der Waals surface area contributed by atoms with Gasteiger partial charge in [0.2, 0.25) is 5.91 Å². The van der Waals surface area contributed by atoms with Crippen LogP contribution in [-0.4, -0.2) is 17.6 Å². The molecule has 0 aromatic carbocycles. The SMILES string of the molecule is CC1C(=O)NC=C(C(N)=O)C1=O. The first-order valence-corrected chi connectivity index (χ1v) is 3.38. The van der Waals surface area contributed by atoms with Gasteiger partial charge in [-0.15, -0.1) is 0 Å². The monoisotopic (exact) mass is 168 g/mol. The van der Waals surface area contributed by atoms with Gasteiger partial charge in [-0.2, -0.15) is 0 Å². The lowest BCUT2D eigenvalue weighted by Gasteiger charge is -2.15. The van der Waals surface area contributed by atoms with Crippen molar-refractivity contribution in [2.24, 2.45) is 11.7 Å². The molecular weight excluding hydrogens is 160 g/mol. The predicted molar refractivity (Wildman–Crippen MR) is 39.6 cm³/mol. The number of hydrogen-bond donors (Lipinski definition) is 2. The molecule has 1 atom stereocenters. The number of ketones is 1. The van der Waals surface area contributed by atoms with E-state index in [2.05, 4.69) is 5.32 Å². The molecule has 0 spiro atoms. The highest BCUT2D eigenvalue weighted by molar-refractivity contribution is 6.25. The van der Waals surface area contributed by atoms with Crippen LogP contribution >= 0.6 is 0 Å². The fourth-order valence-electron chi connectivity index (χ4n) is 0.884. The molecule has 1 aliphatic heterocycles. The van der Waals surface area contributed by atoms with E-state index in [4.69, 9.17) is 5.73 Å². The van der Waals surface area contributed by atoms with Crippen LogP contribution in [-0.2, 0) is 14.4 Å². The first kappa shape index (κ1) is 8.45. The van der Waals surface area contributed by atoms with Gasteiger partial charge in [-0.3, -0.25) is 14.4 Å². The van der Waals surface area contributed by atoms with E-state index in [1.807, 2.05) is 0 Å². The zero-order chi connectivity index (χ0) is 9.30. The zero-order valence-electron chi connectivity index (χ0n) is 6.46. The molecule has 1 heterocycles. The van der Waals surface area contributed by atoms with Crippen LogP contribution in [0.4, 0.5) is 0 Å². The number of primary amides is 1. The summed E-state index contributed by atoms with van der Waals surface area (Å²) in [6.45, 7) is 1.42. The number of nitrogens with two attached hydrogens (primary N) is 1. The highest BCUT2D eigenvalue weighted by Gasteiger charge is 2.30. The number of carbonyl (C=O) groups is 3. The van der Waals surface area contributed by atoms with E-state index in [1.165, 1.54) is 6.92 Å². The Kier molecular flexibility index (Phi) is 1.95. The van der Waals surface area contributed by atoms with Crippen molar-refractivity contribution in [1.29, 1.82) is 0 Å². The average Bonchev–Trinajstić information content (AvgIpc) is 2.00. The Balaban J connectivity index is 3.00. The molecule has 0 bridgehead atoms. The Morgan fingerprint density at radius 2 is 2.17 bits per heavy atom. The molecule has 1 aliphatic rings. The number of amides is 2. The minimum absolute atomic E-state index is 0.151. The minimum atomic E-state index is -0.822. The third kappa shape index (κ3) is 1.20. The van der Waals surface area contributed by atoms with Crippen molar-refractivity contribution in [2.75, 3.05) is 0 Å². The van der Waals surface area contributed by atoms with E-state index in [0.29, 0.717) is 0 Å². The molecule has 0 saturated heterocycles. The smallest absolute Gasteiger partial charge is 0.253 e. The quantitative estimate of drug-likeness (QED) is 0.376. The maximum atomic E-state index is 11.1. The maximum Gasteiger partial charge on any atom is 0.253 e. The Labute approximate surface area is 68.6 Å². The zero-order valence-corrected chi connectivity index (χ0v) is 6.46. The van der Waals surface area contributed by atoms with Crippen LogP contribution < -0.4 is 11.1 Å². The van der Waals surface area contributed by atoms with E-state index in [9.17, 15) is 14.4 Å². The summed E-state index contributed by atoms with van der Waals surface area (Å²) in [4.78, 5) is 32.6. The van der Waals surface area contributed by atoms with Crippen molar-refractivity contribution in [3.8, 4) is 0 Å². The summed E-state index contributed by atoms with van der Waals surface area (Å²) in [5, 5.41) is 2.27. The fraction of sp³-hybridized carbons (Fsp3) is 0.286. The van der Waals surface area contributed by atoms with Crippen molar-refractivity contribution in [3.05, 3.63) is 11.8 Å². The van der Waals surface area contributed by atoms with Crippen molar-refractivity contribution < 1.29 is 14.4 Å². The number of carbonyl (C=O) groups excluding carboxylic acids is 3. The summed E-state index contributed by atoms with van der Waals surface area (Å²) in [5.41, 5.74) is 4.74. The summed E-state index contributed by atoms with van der Waals surface area (Å²) < 4.78 is 0. The highest BCUT2D eigenvalue weighted by atomic mass is 16.2. The van der Waals surface area contributed by atoms with Gasteiger partial charge in [0, 0.05) is 6.20 Å². The number of rotatable bonds is 1. The van der Waals surface area contributed by atoms with Gasteiger partial charge in [-0.1, -0.05) is 0 Å². The summed E-state index contributed by atoms with van der Waals surface area (Å²) in [5.74, 6) is -2.57. The van der Waals surface area contributed by atoms with Crippen LogP contribution in [0.25, 0.3) is 0 Å². The molecule has 0 radical (unpaired) electrons. The number of hydrogen-bond acceptors (Lipinski definition) is 3. The summed E-state index contributed by atoms with van der Waals surface area (Å²) in [6.07, 6.45) is 1.05. The second-order valence-corrected chi connectivity index (χ2v) is 2.52. The normalized spacial score (nSPS) is 23.1. The first-order valence-electron chi connectivity index (χ1n) is 3.38. The van der Waals surface area contributed by atoms with E-state index in [1.54, 1.807) is 0 Å². The number of nitrogens with one attached hydrogen (secondary N) is 1. The molecule has 1 unspecified atom stereocenters. The van der Waals surface area contributed by atoms with Gasteiger partial charge >= 0.3 is 0 Å². The maximum absolute atomic E-state index is 11.1. The van der Waals surface area contributed by atoms with E-state index < -0.39 is 23.5 Å². The fourth-order valence-corrected chi connectivity index (χ4v) is 0.884. The lowest BCUT2D eigenvalue weighted by molar-refractivity contribution is -0.132. The van der Waals surface area contributed by atoms with Crippen LogP contribution in [0, 0.1) is 5.92 Å². The van der Waals surface area contributed by atoms with Gasteiger partial charge in [0.25, 0.3) is 5.91 Å². The third-order valence-electron chi connectivity index (χ3n) is 1.68. The Hall–Kier alpha value is -1.65. The molecule has 0 fully saturated rings. The standard InChI is InChI=1S/C7H8N2O3/c1-3-5(10)4(6(8)11)2-9-7(3)12/h2-3H,1H3,(H2,8,11)(H,9,12). The Morgan fingerprint density at radius 3 is 2.67 bits per heavy atom. The third-order valence-corrected chi connectivity index (χ3v) is 1.68. The van der Waals surface area contributed by atoms with Gasteiger partial charge in [0.15, 0.2) is 5.78 Å². The molecule has 0 saturated carbocycles. The summed E-state index contributed by atoms with van der Waals surface area (Å²) in [7, 11) is 0. The van der Waals surface area contributed by atoms with E-state index in [0.717, 1.165) is 6.20 Å². The van der Waals surface area contributed by atoms with Crippen LogP contribution in [0.15, 0.2) is 11.8 Å². The molecule has 0 aromatic heterocycles. The molecular formula is C7H8N2O3. The molecule has 0 aromatic rings. The summed E-state index contributed by atoms with van der Waals surface area (Å²) in [6, 6.07) is 0. The Bertz CT molecular complexity index is 293. The predicted octanol–water partition coefficient (Wildman–Crippen LogP) is -1.31. The van der Waals surface area contributed by atoms with Crippen LogP contribution in [0.3, 0.4) is 0 Å². The topological polar surface area (TPSA) is 89.3 Å². The van der Waals surface area contributed by atoms with Gasteiger partial charge in [-0.05, 0) is 6.92 Å². The highest BCUT2D eigenvalue weighted by Crippen LogP contribution is 2.10. The van der Waals surface area contributed by atoms with Crippen LogP contribution in [0.1, 0.15) is 6.92 Å². The first-order chi connectivity index (χ1) is 5.54. The van der Waals surface area contributed by atoms with Crippen molar-refractivity contribution in [2.45, 2.75) is 6.92 Å². The molecule has 5 heteroatoms. The second-order valence-electron chi connectivity index (χ2n) is 2.52. The Morgan fingerprint density at radius 1 is 1.58 bits per heavy atom. The molecule has 5 nitrogen and oxygen atoms in total. The minimum Gasteiger partial charge on any atom is -0.365 e. The van der Waals surface area contributed by atoms with Crippen LogP contribution in [0.5, 0.6) is 0 Å². The lowest BCUT2D eigenvalue weighted by Crippen LogP contribution is -2.40. The van der Waals surface area contributed by atoms with E-state index in [-0.39, 0.29) is 5.57 Å². The summed E-state index contributed by atoms with van der Waals surface area (Å²) >= 11 is 0. The molecule has 0 aliphatic carbocycles. The van der Waals surface area contributed by atoms with Crippen LogP contribution in [0.2, 0.25) is 0 Å². The molecule has 64 valence electrons. The van der Waals surface area contributed by atoms with Gasteiger partial charge < -0.3 is 11.1 Å². The molecule has 1 rings (SSSR count). The average molecular weight is 168 g/mol. The lowest BCUT2D eigenvalue weighted by atomic mass is 9.96. The van der Waals surface area contributed by atoms with Gasteiger partial charge in [0.1, 0.15) is 0 Å². The molecule has 2 amide bonds. The van der Waals surface area contributed by atoms with E-state index >= 15 is 0 Å². The van der Waals surface area contributed by atoms with Crippen molar-refractivity contribution in [1.82, 2.24) is 5.32 Å². The van der Waals surface area contributed by atoms with Gasteiger partial charge in [0.05, 0.1) is 11.5 Å². The largest absolute Gasteiger partial charge is 0.365 e. The van der Waals surface area contributed by atoms with Crippen molar-refractivity contribution >= 4 is 17.6 Å². The number of Topliss-reactive ketones (excluding diaryl/α,β-unsaturated/α-hetero) is 1.